The lowest BCUT2D eigenvalue weighted by atomic mass is 9.92. The lowest BCUT2D eigenvalue weighted by Crippen LogP contribution is -2.13. The van der Waals surface area contributed by atoms with Crippen LogP contribution in [0.5, 0.6) is 0 Å². The molecule has 0 bridgehead atoms. The number of benzene rings is 1. The van der Waals surface area contributed by atoms with Crippen LogP contribution in [-0.4, -0.2) is 36.3 Å². The maximum absolute atomic E-state index is 12.4. The Morgan fingerprint density at radius 3 is 2.67 bits per heavy atom. The van der Waals surface area contributed by atoms with E-state index < -0.39 is 0 Å². The van der Waals surface area contributed by atoms with Gasteiger partial charge in [0.25, 0.3) is 5.91 Å². The third kappa shape index (κ3) is 3.17. The molecule has 2 N–H and O–H groups in total. The molecule has 124 valence electrons. The van der Waals surface area contributed by atoms with Crippen molar-refractivity contribution in [2.75, 3.05) is 5.32 Å². The number of amides is 1. The van der Waals surface area contributed by atoms with Crippen molar-refractivity contribution in [3.05, 3.63) is 41.7 Å². The minimum absolute atomic E-state index is 0.0936. The van der Waals surface area contributed by atoms with Crippen LogP contribution in [0.25, 0.3) is 11.4 Å². The van der Waals surface area contributed by atoms with Crippen molar-refractivity contribution in [3.63, 3.8) is 0 Å². The minimum Gasteiger partial charge on any atom is -0.321 e. The van der Waals surface area contributed by atoms with Gasteiger partial charge in [0.05, 0.1) is 0 Å². The fraction of sp³-hybridized carbons (Fsp3) is 0.312. The van der Waals surface area contributed by atoms with Gasteiger partial charge in [0.2, 0.25) is 0 Å². The number of nitrogens with zero attached hydrogens (tertiary/aromatic N) is 5. The van der Waals surface area contributed by atoms with E-state index in [9.17, 15) is 4.79 Å². The van der Waals surface area contributed by atoms with Crippen molar-refractivity contribution in [1.82, 2.24) is 30.4 Å². The summed E-state index contributed by atoms with van der Waals surface area (Å²) in [7, 11) is 1.76. The molecule has 3 aromatic rings. The summed E-state index contributed by atoms with van der Waals surface area (Å²) in [5.41, 5.74) is 2.64. The summed E-state index contributed by atoms with van der Waals surface area (Å²) in [6.45, 7) is 6.17. The number of H-pyrrole nitrogens is 1. The fourth-order valence-electron chi connectivity index (χ4n) is 2.23. The molecule has 24 heavy (non-hydrogen) atoms. The Hall–Kier alpha value is -3.03. The second-order valence-corrected chi connectivity index (χ2v) is 6.58. The Morgan fingerprint density at radius 1 is 1.25 bits per heavy atom. The smallest absolute Gasteiger partial charge is 0.276 e. The Bertz CT molecular complexity index is 872. The fourth-order valence-corrected chi connectivity index (χ4v) is 2.23. The van der Waals surface area contributed by atoms with E-state index >= 15 is 0 Å². The second-order valence-electron chi connectivity index (χ2n) is 6.58. The molecule has 0 unspecified atom stereocenters. The normalized spacial score (nSPS) is 11.5. The van der Waals surface area contributed by atoms with Crippen LogP contribution in [0.2, 0.25) is 0 Å². The van der Waals surface area contributed by atoms with Gasteiger partial charge in [-0.15, -0.1) is 5.10 Å². The van der Waals surface area contributed by atoms with Crippen LogP contribution >= 0.6 is 0 Å². The number of aryl methyl sites for hydroxylation is 1. The third-order valence-corrected chi connectivity index (χ3v) is 3.62. The van der Waals surface area contributed by atoms with Crippen molar-refractivity contribution >= 4 is 11.6 Å². The van der Waals surface area contributed by atoms with Crippen LogP contribution in [0.15, 0.2) is 30.3 Å². The Balaban J connectivity index is 1.80. The van der Waals surface area contributed by atoms with Gasteiger partial charge in [0.1, 0.15) is 0 Å². The van der Waals surface area contributed by atoms with Gasteiger partial charge in [0, 0.05) is 29.4 Å². The molecule has 0 spiro atoms. The SMILES string of the molecule is Cn1nnnc1-c1cccc(NC(=O)c2cc(C(C)(C)C)[nH]n2)c1. The Labute approximate surface area is 139 Å². The number of rotatable bonds is 3. The molecule has 0 radical (unpaired) electrons. The Morgan fingerprint density at radius 2 is 2.04 bits per heavy atom. The molecule has 8 nitrogen and oxygen atoms in total. The molecule has 0 atom stereocenters. The molecular weight excluding hydrogens is 306 g/mol. The van der Waals surface area contributed by atoms with E-state index in [1.807, 2.05) is 24.3 Å². The molecule has 0 aliphatic rings. The maximum Gasteiger partial charge on any atom is 0.276 e. The largest absolute Gasteiger partial charge is 0.321 e. The molecule has 3 rings (SSSR count). The lowest BCUT2D eigenvalue weighted by molar-refractivity contribution is 0.102. The average Bonchev–Trinajstić information content (AvgIpc) is 3.15. The maximum atomic E-state index is 12.4. The van der Waals surface area contributed by atoms with E-state index in [4.69, 9.17) is 0 Å². The molecule has 0 fully saturated rings. The summed E-state index contributed by atoms with van der Waals surface area (Å²) in [6.07, 6.45) is 0. The molecular formula is C16H19N7O. The highest BCUT2D eigenvalue weighted by Crippen LogP contribution is 2.22. The number of carbonyl (C=O) groups excluding carboxylic acids is 1. The highest BCUT2D eigenvalue weighted by molar-refractivity contribution is 6.03. The molecule has 0 aliphatic carbocycles. The molecule has 8 heteroatoms. The van der Waals surface area contributed by atoms with Gasteiger partial charge in [-0.1, -0.05) is 32.9 Å². The zero-order chi connectivity index (χ0) is 17.3. The zero-order valence-corrected chi connectivity index (χ0v) is 14.0. The van der Waals surface area contributed by atoms with Gasteiger partial charge < -0.3 is 5.32 Å². The number of tetrazole rings is 1. The predicted octanol–water partition coefficient (Wildman–Crippen LogP) is 2.15. The van der Waals surface area contributed by atoms with Crippen LogP contribution in [0, 0.1) is 0 Å². The van der Waals surface area contributed by atoms with E-state index in [0.29, 0.717) is 17.2 Å². The summed E-state index contributed by atoms with van der Waals surface area (Å²) in [6, 6.07) is 9.12. The van der Waals surface area contributed by atoms with Gasteiger partial charge in [-0.3, -0.25) is 9.89 Å². The average molecular weight is 325 g/mol. The topological polar surface area (TPSA) is 101 Å². The lowest BCUT2D eigenvalue weighted by Gasteiger charge is -2.14. The van der Waals surface area contributed by atoms with Crippen LogP contribution in [0.4, 0.5) is 5.69 Å². The van der Waals surface area contributed by atoms with Gasteiger partial charge in [0.15, 0.2) is 11.5 Å². The highest BCUT2D eigenvalue weighted by atomic mass is 16.1. The summed E-state index contributed by atoms with van der Waals surface area (Å²) in [4.78, 5) is 12.4. The van der Waals surface area contributed by atoms with E-state index in [0.717, 1.165) is 11.3 Å². The first-order valence-electron chi connectivity index (χ1n) is 7.54. The predicted molar refractivity (Wildman–Crippen MR) is 89.5 cm³/mol. The third-order valence-electron chi connectivity index (χ3n) is 3.62. The molecule has 0 saturated carbocycles. The van der Waals surface area contributed by atoms with E-state index in [2.05, 4.69) is 51.8 Å². The number of anilines is 1. The minimum atomic E-state index is -0.269. The number of aromatic nitrogens is 6. The van der Waals surface area contributed by atoms with Crippen molar-refractivity contribution in [2.24, 2.45) is 7.05 Å². The van der Waals surface area contributed by atoms with E-state index in [1.54, 1.807) is 17.8 Å². The first-order chi connectivity index (χ1) is 11.3. The summed E-state index contributed by atoms with van der Waals surface area (Å²) in [5.74, 6) is 0.357. The molecule has 1 amide bonds. The summed E-state index contributed by atoms with van der Waals surface area (Å²) < 4.78 is 1.57. The van der Waals surface area contributed by atoms with E-state index in [-0.39, 0.29) is 11.3 Å². The highest BCUT2D eigenvalue weighted by Gasteiger charge is 2.19. The van der Waals surface area contributed by atoms with Crippen molar-refractivity contribution < 1.29 is 4.79 Å². The number of hydrogen-bond acceptors (Lipinski definition) is 5. The van der Waals surface area contributed by atoms with Crippen LogP contribution < -0.4 is 5.32 Å². The van der Waals surface area contributed by atoms with Gasteiger partial charge >= 0.3 is 0 Å². The van der Waals surface area contributed by atoms with Crippen molar-refractivity contribution in [1.29, 1.82) is 0 Å². The molecule has 2 aromatic heterocycles. The van der Waals surface area contributed by atoms with Gasteiger partial charge in [-0.25, -0.2) is 4.68 Å². The van der Waals surface area contributed by atoms with Crippen LogP contribution in [-0.2, 0) is 12.5 Å². The summed E-state index contributed by atoms with van der Waals surface area (Å²) in [5, 5.41) is 21.3. The van der Waals surface area contributed by atoms with Gasteiger partial charge in [-0.2, -0.15) is 5.10 Å². The Kier molecular flexibility index (Phi) is 3.88. The number of nitrogens with one attached hydrogen (secondary N) is 2. The first-order valence-corrected chi connectivity index (χ1v) is 7.54. The molecule has 0 saturated heterocycles. The number of carbonyl (C=O) groups is 1. The standard InChI is InChI=1S/C16H19N7O/c1-16(2,3)13-9-12(18-19-13)15(24)17-11-7-5-6-10(8-11)14-20-21-22-23(14)4/h5-9H,1-4H3,(H,17,24)(H,18,19). The molecule has 1 aromatic carbocycles. The second kappa shape index (κ2) is 5.88. The zero-order valence-electron chi connectivity index (χ0n) is 14.0. The quantitative estimate of drug-likeness (QED) is 0.768. The molecule has 2 heterocycles. The number of hydrogen-bond donors (Lipinski definition) is 2. The van der Waals surface area contributed by atoms with Crippen LogP contribution in [0.1, 0.15) is 37.0 Å². The van der Waals surface area contributed by atoms with E-state index in [1.165, 1.54) is 0 Å². The monoisotopic (exact) mass is 325 g/mol. The van der Waals surface area contributed by atoms with Crippen molar-refractivity contribution in [3.8, 4) is 11.4 Å². The number of aromatic amines is 1. The van der Waals surface area contributed by atoms with Gasteiger partial charge in [-0.05, 0) is 28.6 Å². The summed E-state index contributed by atoms with van der Waals surface area (Å²) >= 11 is 0. The van der Waals surface area contributed by atoms with Crippen LogP contribution in [0.3, 0.4) is 0 Å². The first kappa shape index (κ1) is 15.9. The van der Waals surface area contributed by atoms with Crippen molar-refractivity contribution in [2.45, 2.75) is 26.2 Å². The molecule has 0 aliphatic heterocycles.